The normalized spacial score (nSPS) is 11.3. The molecule has 0 saturated carbocycles. The summed E-state index contributed by atoms with van der Waals surface area (Å²) < 4.78 is 39.4. The fourth-order valence-corrected chi connectivity index (χ4v) is 3.30. The summed E-state index contributed by atoms with van der Waals surface area (Å²) in [6.45, 7) is 1.69. The van der Waals surface area contributed by atoms with E-state index in [1.54, 1.807) is 19.1 Å². The lowest BCUT2D eigenvalue weighted by atomic mass is 10.2. The maximum absolute atomic E-state index is 13.2. The van der Waals surface area contributed by atoms with Crippen LogP contribution >= 0.6 is 0 Å². The van der Waals surface area contributed by atoms with Gasteiger partial charge >= 0.3 is 0 Å². The van der Waals surface area contributed by atoms with Crippen LogP contribution in [0.4, 0.5) is 15.8 Å². The van der Waals surface area contributed by atoms with Crippen LogP contribution in [0, 0.1) is 12.7 Å². The first-order valence-corrected chi connectivity index (χ1v) is 7.37. The zero-order chi connectivity index (χ0) is 14.9. The van der Waals surface area contributed by atoms with Gasteiger partial charge in [0.2, 0.25) is 0 Å². The molecule has 0 aliphatic heterocycles. The van der Waals surface area contributed by atoms with Crippen molar-refractivity contribution in [2.24, 2.45) is 0 Å². The van der Waals surface area contributed by atoms with Gasteiger partial charge in [-0.05, 0) is 42.8 Å². The molecule has 106 valence electrons. The van der Waals surface area contributed by atoms with Crippen LogP contribution in [0.2, 0.25) is 0 Å². The van der Waals surface area contributed by atoms with E-state index in [1.807, 2.05) is 0 Å². The van der Waals surface area contributed by atoms with Gasteiger partial charge in [-0.15, -0.1) is 0 Å². The van der Waals surface area contributed by atoms with E-state index >= 15 is 0 Å². The average molecular weight is 294 g/mol. The molecule has 6 heteroatoms. The second-order valence-corrected chi connectivity index (χ2v) is 6.42. The highest BCUT2D eigenvalue weighted by Gasteiger charge is 2.23. The third-order valence-electron chi connectivity index (χ3n) is 3.02. The number of nitrogens with two attached hydrogens (primary N) is 1. The molecule has 0 aromatic heterocycles. The summed E-state index contributed by atoms with van der Waals surface area (Å²) in [6.07, 6.45) is 0. The summed E-state index contributed by atoms with van der Waals surface area (Å²) in [6, 6.07) is 10.1. The summed E-state index contributed by atoms with van der Waals surface area (Å²) >= 11 is 0. The van der Waals surface area contributed by atoms with Crippen LogP contribution in [-0.4, -0.2) is 15.5 Å². The van der Waals surface area contributed by atoms with Crippen molar-refractivity contribution in [2.45, 2.75) is 11.8 Å². The highest BCUT2D eigenvalue weighted by Crippen LogP contribution is 2.26. The predicted molar refractivity (Wildman–Crippen MR) is 77.6 cm³/mol. The number of anilines is 2. The Bertz CT molecular complexity index is 745. The number of rotatable bonds is 3. The van der Waals surface area contributed by atoms with Gasteiger partial charge < -0.3 is 5.73 Å². The Morgan fingerprint density at radius 2 is 1.85 bits per heavy atom. The maximum atomic E-state index is 13.2. The summed E-state index contributed by atoms with van der Waals surface area (Å²) in [5.74, 6) is -0.492. The molecule has 4 nitrogen and oxygen atoms in total. The number of benzene rings is 2. The van der Waals surface area contributed by atoms with Crippen molar-refractivity contribution in [1.29, 1.82) is 0 Å². The van der Waals surface area contributed by atoms with Crippen LogP contribution in [-0.2, 0) is 10.0 Å². The first-order chi connectivity index (χ1) is 9.32. The highest BCUT2D eigenvalue weighted by molar-refractivity contribution is 7.92. The second-order valence-electron chi connectivity index (χ2n) is 4.48. The first-order valence-electron chi connectivity index (χ1n) is 5.93. The van der Waals surface area contributed by atoms with E-state index in [4.69, 9.17) is 5.73 Å². The molecular weight excluding hydrogens is 279 g/mol. The molecule has 2 aromatic rings. The van der Waals surface area contributed by atoms with Gasteiger partial charge in [-0.1, -0.05) is 12.1 Å². The molecule has 0 atom stereocenters. The maximum Gasteiger partial charge on any atom is 0.264 e. The zero-order valence-corrected chi connectivity index (χ0v) is 12.0. The minimum atomic E-state index is -3.78. The Hall–Kier alpha value is -2.08. The Morgan fingerprint density at radius 3 is 2.50 bits per heavy atom. The van der Waals surface area contributed by atoms with Gasteiger partial charge in [0, 0.05) is 12.7 Å². The van der Waals surface area contributed by atoms with Crippen LogP contribution < -0.4 is 10.0 Å². The van der Waals surface area contributed by atoms with Gasteiger partial charge in [-0.25, -0.2) is 12.8 Å². The standard InChI is InChI=1S/C14H15FN2O2S/c1-10-6-7-12(16)9-14(10)20(18,19)17(2)13-5-3-4-11(15)8-13/h3-9H,16H2,1-2H3. The quantitative estimate of drug-likeness (QED) is 0.885. The summed E-state index contributed by atoms with van der Waals surface area (Å²) in [5.41, 5.74) is 6.85. The molecule has 0 spiro atoms. The second kappa shape index (κ2) is 5.13. The topological polar surface area (TPSA) is 63.4 Å². The lowest BCUT2D eigenvalue weighted by Gasteiger charge is -2.21. The van der Waals surface area contributed by atoms with Crippen LogP contribution in [0.1, 0.15) is 5.56 Å². The zero-order valence-electron chi connectivity index (χ0n) is 11.2. The van der Waals surface area contributed by atoms with Crippen LogP contribution in [0.5, 0.6) is 0 Å². The van der Waals surface area contributed by atoms with E-state index in [0.29, 0.717) is 11.3 Å². The molecule has 0 fully saturated rings. The van der Waals surface area contributed by atoms with Gasteiger partial charge in [0.15, 0.2) is 0 Å². The molecule has 20 heavy (non-hydrogen) atoms. The van der Waals surface area contributed by atoms with Crippen molar-refractivity contribution in [1.82, 2.24) is 0 Å². The van der Waals surface area contributed by atoms with Crippen molar-refractivity contribution >= 4 is 21.4 Å². The van der Waals surface area contributed by atoms with Crippen LogP contribution in [0.15, 0.2) is 47.4 Å². The molecular formula is C14H15FN2O2S. The van der Waals surface area contributed by atoms with Crippen molar-refractivity contribution < 1.29 is 12.8 Å². The molecule has 0 unspecified atom stereocenters. The minimum Gasteiger partial charge on any atom is -0.399 e. The molecule has 0 aliphatic rings. The Kier molecular flexibility index (Phi) is 3.67. The van der Waals surface area contributed by atoms with Gasteiger partial charge in [0.25, 0.3) is 10.0 Å². The van der Waals surface area contributed by atoms with Crippen molar-refractivity contribution in [3.8, 4) is 0 Å². The van der Waals surface area contributed by atoms with E-state index in [9.17, 15) is 12.8 Å². The summed E-state index contributed by atoms with van der Waals surface area (Å²) in [7, 11) is -2.39. The fourth-order valence-electron chi connectivity index (χ4n) is 1.85. The first kappa shape index (κ1) is 14.3. The van der Waals surface area contributed by atoms with Gasteiger partial charge in [0.1, 0.15) is 5.82 Å². The number of nitrogens with zero attached hydrogens (tertiary/aromatic N) is 1. The molecule has 0 heterocycles. The number of hydrogen-bond acceptors (Lipinski definition) is 3. The molecule has 2 N–H and O–H groups in total. The molecule has 2 rings (SSSR count). The smallest absolute Gasteiger partial charge is 0.264 e. The van der Waals surface area contributed by atoms with Gasteiger partial charge in [-0.3, -0.25) is 4.31 Å². The third kappa shape index (κ3) is 2.60. The summed E-state index contributed by atoms with van der Waals surface area (Å²) in [4.78, 5) is 0.115. The molecule has 2 aromatic carbocycles. The molecule has 0 saturated heterocycles. The third-order valence-corrected chi connectivity index (χ3v) is 4.95. The number of aryl methyl sites for hydroxylation is 1. The Labute approximate surface area is 117 Å². The van der Waals surface area contributed by atoms with E-state index < -0.39 is 15.8 Å². The van der Waals surface area contributed by atoms with E-state index in [-0.39, 0.29) is 10.6 Å². The van der Waals surface area contributed by atoms with Crippen LogP contribution in [0.3, 0.4) is 0 Å². The monoisotopic (exact) mass is 294 g/mol. The largest absolute Gasteiger partial charge is 0.399 e. The summed E-state index contributed by atoms with van der Waals surface area (Å²) in [5, 5.41) is 0. The van der Waals surface area contributed by atoms with Crippen molar-refractivity contribution in [3.63, 3.8) is 0 Å². The highest BCUT2D eigenvalue weighted by atomic mass is 32.2. The number of sulfonamides is 1. The van der Waals surface area contributed by atoms with Crippen molar-refractivity contribution in [2.75, 3.05) is 17.1 Å². The van der Waals surface area contributed by atoms with E-state index in [0.717, 1.165) is 4.31 Å². The molecule has 0 bridgehead atoms. The average Bonchev–Trinajstić information content (AvgIpc) is 2.40. The molecule has 0 amide bonds. The van der Waals surface area contributed by atoms with Gasteiger partial charge in [-0.2, -0.15) is 0 Å². The Morgan fingerprint density at radius 1 is 1.15 bits per heavy atom. The number of nitrogen functional groups attached to an aromatic ring is 1. The van der Waals surface area contributed by atoms with E-state index in [2.05, 4.69) is 0 Å². The van der Waals surface area contributed by atoms with Crippen LogP contribution in [0.25, 0.3) is 0 Å². The SMILES string of the molecule is Cc1ccc(N)cc1S(=O)(=O)N(C)c1cccc(F)c1. The number of halogens is 1. The number of hydrogen-bond donors (Lipinski definition) is 1. The van der Waals surface area contributed by atoms with Crippen molar-refractivity contribution in [3.05, 3.63) is 53.8 Å². The lowest BCUT2D eigenvalue weighted by Crippen LogP contribution is -2.27. The molecule has 0 radical (unpaired) electrons. The fraction of sp³-hybridized carbons (Fsp3) is 0.143. The Balaban J connectivity index is 2.52. The minimum absolute atomic E-state index is 0.115. The lowest BCUT2D eigenvalue weighted by molar-refractivity contribution is 0.593. The predicted octanol–water partition coefficient (Wildman–Crippen LogP) is 2.54. The molecule has 0 aliphatic carbocycles. The van der Waals surface area contributed by atoms with Gasteiger partial charge in [0.05, 0.1) is 10.6 Å². The van der Waals surface area contributed by atoms with E-state index in [1.165, 1.54) is 37.4 Å².